The molecule has 0 spiro atoms. The van der Waals surface area contributed by atoms with Gasteiger partial charge in [0.15, 0.2) is 6.61 Å². The standard InChI is InChI=1S/C15H13FN2O3/c16-10-4-2-1-3-9(10)7-20-13-6-12-14(5-11(13)17)21-8-15(19)18-12/h1-6H,7-8,17H2,(H,18,19). The van der Waals surface area contributed by atoms with Gasteiger partial charge in [-0.1, -0.05) is 18.2 Å². The van der Waals surface area contributed by atoms with Crippen LogP contribution in [-0.4, -0.2) is 12.5 Å². The predicted octanol–water partition coefficient (Wildman–Crippen LogP) is 2.32. The Kier molecular flexibility index (Phi) is 3.35. The fraction of sp³-hybridized carbons (Fsp3) is 0.133. The topological polar surface area (TPSA) is 73.6 Å². The highest BCUT2D eigenvalue weighted by atomic mass is 19.1. The van der Waals surface area contributed by atoms with Crippen LogP contribution >= 0.6 is 0 Å². The minimum absolute atomic E-state index is 0.0398. The smallest absolute Gasteiger partial charge is 0.262 e. The molecule has 0 fully saturated rings. The van der Waals surface area contributed by atoms with Crippen molar-refractivity contribution in [2.24, 2.45) is 0 Å². The van der Waals surface area contributed by atoms with Crippen LogP contribution in [-0.2, 0) is 11.4 Å². The molecule has 0 unspecified atom stereocenters. The third kappa shape index (κ3) is 2.74. The Morgan fingerprint density at radius 2 is 2.14 bits per heavy atom. The number of amides is 1. The van der Waals surface area contributed by atoms with Crippen LogP contribution in [0.15, 0.2) is 36.4 Å². The largest absolute Gasteiger partial charge is 0.487 e. The number of carbonyl (C=O) groups excluding carboxylic acids is 1. The predicted molar refractivity (Wildman–Crippen MR) is 75.7 cm³/mol. The lowest BCUT2D eigenvalue weighted by Crippen LogP contribution is -2.25. The van der Waals surface area contributed by atoms with Gasteiger partial charge < -0.3 is 20.5 Å². The van der Waals surface area contributed by atoms with Crippen LogP contribution in [0.2, 0.25) is 0 Å². The van der Waals surface area contributed by atoms with Crippen molar-refractivity contribution in [3.05, 3.63) is 47.8 Å². The molecule has 6 heteroatoms. The molecule has 0 radical (unpaired) electrons. The first-order chi connectivity index (χ1) is 10.1. The van der Waals surface area contributed by atoms with Crippen LogP contribution in [0, 0.1) is 5.82 Å². The van der Waals surface area contributed by atoms with Crippen LogP contribution in [0.1, 0.15) is 5.56 Å². The highest BCUT2D eigenvalue weighted by Crippen LogP contribution is 2.36. The Morgan fingerprint density at radius 3 is 2.95 bits per heavy atom. The van der Waals surface area contributed by atoms with Gasteiger partial charge in [-0.15, -0.1) is 0 Å². The maximum atomic E-state index is 13.5. The summed E-state index contributed by atoms with van der Waals surface area (Å²) in [5, 5.41) is 2.66. The summed E-state index contributed by atoms with van der Waals surface area (Å²) in [4.78, 5) is 11.3. The Balaban J connectivity index is 1.81. The molecule has 108 valence electrons. The summed E-state index contributed by atoms with van der Waals surface area (Å²) in [7, 11) is 0. The van der Waals surface area contributed by atoms with Gasteiger partial charge >= 0.3 is 0 Å². The van der Waals surface area contributed by atoms with Gasteiger partial charge in [0.1, 0.15) is 23.9 Å². The van der Waals surface area contributed by atoms with Crippen LogP contribution in [0.4, 0.5) is 15.8 Å². The van der Waals surface area contributed by atoms with E-state index < -0.39 is 0 Å². The second-order valence-electron chi connectivity index (χ2n) is 4.60. The lowest BCUT2D eigenvalue weighted by molar-refractivity contribution is -0.118. The minimum atomic E-state index is -0.342. The molecule has 0 aliphatic carbocycles. The molecule has 0 aromatic heterocycles. The number of rotatable bonds is 3. The summed E-state index contributed by atoms with van der Waals surface area (Å²) in [6, 6.07) is 9.48. The van der Waals surface area contributed by atoms with E-state index in [1.807, 2.05) is 0 Å². The highest BCUT2D eigenvalue weighted by molar-refractivity contribution is 5.96. The van der Waals surface area contributed by atoms with Crippen molar-refractivity contribution in [3.63, 3.8) is 0 Å². The third-order valence-electron chi connectivity index (χ3n) is 3.09. The Hall–Kier alpha value is -2.76. The third-order valence-corrected chi connectivity index (χ3v) is 3.09. The number of carbonyl (C=O) groups is 1. The molecule has 3 rings (SSSR count). The molecule has 0 bridgehead atoms. The molecule has 0 saturated carbocycles. The van der Waals surface area contributed by atoms with Crippen molar-refractivity contribution in [1.82, 2.24) is 0 Å². The van der Waals surface area contributed by atoms with E-state index in [0.29, 0.717) is 28.4 Å². The highest BCUT2D eigenvalue weighted by Gasteiger charge is 2.18. The summed E-state index contributed by atoms with van der Waals surface area (Å²) in [6.45, 7) is 0.00628. The van der Waals surface area contributed by atoms with E-state index in [9.17, 15) is 9.18 Å². The maximum Gasteiger partial charge on any atom is 0.262 e. The summed E-state index contributed by atoms with van der Waals surface area (Å²) in [5.74, 6) is 0.270. The lowest BCUT2D eigenvalue weighted by atomic mass is 10.2. The zero-order valence-electron chi connectivity index (χ0n) is 11.1. The van der Waals surface area contributed by atoms with Crippen LogP contribution in [0.3, 0.4) is 0 Å². The minimum Gasteiger partial charge on any atom is -0.487 e. The molecule has 5 nitrogen and oxygen atoms in total. The van der Waals surface area contributed by atoms with Gasteiger partial charge in [0.25, 0.3) is 5.91 Å². The number of hydrogen-bond donors (Lipinski definition) is 2. The number of anilines is 2. The van der Waals surface area contributed by atoms with Crippen molar-refractivity contribution in [2.75, 3.05) is 17.7 Å². The Labute approximate surface area is 120 Å². The monoisotopic (exact) mass is 288 g/mol. The molecule has 1 heterocycles. The average Bonchev–Trinajstić information content (AvgIpc) is 2.47. The van der Waals surface area contributed by atoms with Crippen molar-refractivity contribution >= 4 is 17.3 Å². The molecule has 3 N–H and O–H groups in total. The second-order valence-corrected chi connectivity index (χ2v) is 4.60. The van der Waals surface area contributed by atoms with E-state index in [-0.39, 0.29) is 24.9 Å². The molecular weight excluding hydrogens is 275 g/mol. The number of halogens is 1. The number of hydrogen-bond acceptors (Lipinski definition) is 4. The molecule has 1 aliphatic rings. The Morgan fingerprint density at radius 1 is 1.33 bits per heavy atom. The molecule has 2 aromatic rings. The number of benzene rings is 2. The molecular formula is C15H13FN2O3. The Bertz CT molecular complexity index is 703. The molecule has 0 atom stereocenters. The normalized spacial score (nSPS) is 13.1. The van der Waals surface area contributed by atoms with Gasteiger partial charge in [-0.2, -0.15) is 0 Å². The number of nitrogen functional groups attached to an aromatic ring is 1. The molecule has 2 aromatic carbocycles. The van der Waals surface area contributed by atoms with Crippen molar-refractivity contribution in [2.45, 2.75) is 6.61 Å². The van der Waals surface area contributed by atoms with Gasteiger partial charge in [0.2, 0.25) is 0 Å². The average molecular weight is 288 g/mol. The molecule has 1 amide bonds. The van der Waals surface area contributed by atoms with Gasteiger partial charge in [-0.25, -0.2) is 4.39 Å². The SMILES string of the molecule is Nc1cc2c(cc1OCc1ccccc1F)NC(=O)CO2. The first-order valence-electron chi connectivity index (χ1n) is 6.36. The molecule has 0 saturated heterocycles. The van der Waals surface area contributed by atoms with Crippen LogP contribution in [0.5, 0.6) is 11.5 Å². The van der Waals surface area contributed by atoms with Gasteiger partial charge in [0.05, 0.1) is 11.4 Å². The maximum absolute atomic E-state index is 13.5. The van der Waals surface area contributed by atoms with E-state index in [2.05, 4.69) is 5.32 Å². The number of nitrogens with one attached hydrogen (secondary N) is 1. The zero-order chi connectivity index (χ0) is 14.8. The van der Waals surface area contributed by atoms with E-state index >= 15 is 0 Å². The summed E-state index contributed by atoms with van der Waals surface area (Å²) in [5.41, 5.74) is 7.15. The van der Waals surface area contributed by atoms with Crippen molar-refractivity contribution < 1.29 is 18.7 Å². The zero-order valence-corrected chi connectivity index (χ0v) is 11.1. The van der Waals surface area contributed by atoms with Crippen LogP contribution in [0.25, 0.3) is 0 Å². The first-order valence-corrected chi connectivity index (χ1v) is 6.36. The van der Waals surface area contributed by atoms with Crippen molar-refractivity contribution in [3.8, 4) is 11.5 Å². The van der Waals surface area contributed by atoms with Gasteiger partial charge in [0, 0.05) is 17.7 Å². The lowest BCUT2D eigenvalue weighted by Gasteiger charge is -2.20. The van der Waals surface area contributed by atoms with E-state index in [1.165, 1.54) is 6.07 Å². The first kappa shape index (κ1) is 13.2. The summed E-state index contributed by atoms with van der Waals surface area (Å²) < 4.78 is 24.3. The second kappa shape index (κ2) is 5.32. The van der Waals surface area contributed by atoms with Crippen LogP contribution < -0.4 is 20.5 Å². The van der Waals surface area contributed by atoms with E-state index in [1.54, 1.807) is 30.3 Å². The van der Waals surface area contributed by atoms with Gasteiger partial charge in [-0.05, 0) is 6.07 Å². The molecule has 1 aliphatic heterocycles. The number of nitrogens with two attached hydrogens (primary N) is 1. The number of fused-ring (bicyclic) bond motifs is 1. The van der Waals surface area contributed by atoms with Crippen molar-refractivity contribution in [1.29, 1.82) is 0 Å². The number of ether oxygens (including phenoxy) is 2. The quantitative estimate of drug-likeness (QED) is 0.850. The van der Waals surface area contributed by atoms with Gasteiger partial charge in [-0.3, -0.25) is 4.79 Å². The molecule has 21 heavy (non-hydrogen) atoms. The summed E-state index contributed by atoms with van der Waals surface area (Å²) in [6.07, 6.45) is 0. The summed E-state index contributed by atoms with van der Waals surface area (Å²) >= 11 is 0. The van der Waals surface area contributed by atoms with E-state index in [4.69, 9.17) is 15.2 Å². The fourth-order valence-electron chi connectivity index (χ4n) is 2.02. The van der Waals surface area contributed by atoms with E-state index in [0.717, 1.165) is 0 Å². The fourth-order valence-corrected chi connectivity index (χ4v) is 2.02.